The van der Waals surface area contributed by atoms with Gasteiger partial charge in [-0.3, -0.25) is 14.3 Å². The Kier molecular flexibility index (Phi) is 4.68. The van der Waals surface area contributed by atoms with Gasteiger partial charge in [-0.15, -0.1) is 0 Å². The van der Waals surface area contributed by atoms with Crippen molar-refractivity contribution in [2.24, 2.45) is 0 Å². The summed E-state index contributed by atoms with van der Waals surface area (Å²) in [6, 6.07) is 15.5. The van der Waals surface area contributed by atoms with E-state index in [0.29, 0.717) is 21.8 Å². The predicted molar refractivity (Wildman–Crippen MR) is 101 cm³/mol. The van der Waals surface area contributed by atoms with E-state index >= 15 is 0 Å². The predicted octanol–water partition coefficient (Wildman–Crippen LogP) is 4.35. The topological polar surface area (TPSA) is 47.8 Å². The van der Waals surface area contributed by atoms with Gasteiger partial charge in [-0.1, -0.05) is 30.0 Å². The smallest absolute Gasteiger partial charge is 0.266 e. The molecule has 2 aromatic heterocycles. The molecular weight excluding hydrogens is 368 g/mol. The fourth-order valence-electron chi connectivity index (χ4n) is 2.71. The van der Waals surface area contributed by atoms with Gasteiger partial charge in [0.25, 0.3) is 5.56 Å². The second-order valence-electron chi connectivity index (χ2n) is 5.76. The molecule has 0 saturated heterocycles. The first-order chi connectivity index (χ1) is 13.1. The first-order valence-electron chi connectivity index (χ1n) is 8.13. The second kappa shape index (κ2) is 7.28. The second-order valence-corrected chi connectivity index (χ2v) is 6.70. The van der Waals surface area contributed by atoms with Crippen LogP contribution in [0.1, 0.15) is 5.69 Å². The molecule has 0 atom stereocenters. The molecule has 0 radical (unpaired) electrons. The molecule has 27 heavy (non-hydrogen) atoms. The number of hydrogen-bond acceptors (Lipinski definition) is 4. The van der Waals surface area contributed by atoms with Crippen molar-refractivity contribution in [2.45, 2.75) is 10.9 Å². The molecule has 7 heteroatoms. The Bertz CT molecular complexity index is 1180. The van der Waals surface area contributed by atoms with Crippen LogP contribution in [0.5, 0.6) is 0 Å². The minimum atomic E-state index is -0.825. The molecule has 0 aliphatic carbocycles. The summed E-state index contributed by atoms with van der Waals surface area (Å²) in [5.74, 6) is -1.08. The van der Waals surface area contributed by atoms with Crippen LogP contribution in [0.3, 0.4) is 0 Å². The molecular formula is C20H13F2N3OS. The summed E-state index contributed by atoms with van der Waals surface area (Å²) in [4.78, 5) is 21.8. The van der Waals surface area contributed by atoms with E-state index in [0.717, 1.165) is 17.8 Å². The fraction of sp³-hybridized carbons (Fsp3) is 0.0500. The van der Waals surface area contributed by atoms with E-state index < -0.39 is 17.2 Å². The summed E-state index contributed by atoms with van der Waals surface area (Å²) in [6.45, 7) is 0. The van der Waals surface area contributed by atoms with Crippen LogP contribution in [-0.4, -0.2) is 14.5 Å². The number of rotatable bonds is 4. The van der Waals surface area contributed by atoms with Crippen LogP contribution in [-0.2, 0) is 5.75 Å². The molecule has 0 bridgehead atoms. The SMILES string of the molecule is O=c1c2ccccc2nc(SCc2ccccn2)n1-c1ccc(F)cc1F. The zero-order chi connectivity index (χ0) is 18.8. The van der Waals surface area contributed by atoms with E-state index in [1.807, 2.05) is 18.2 Å². The summed E-state index contributed by atoms with van der Waals surface area (Å²) < 4.78 is 28.9. The molecule has 0 aliphatic rings. The molecule has 0 aliphatic heterocycles. The first kappa shape index (κ1) is 17.4. The highest BCUT2D eigenvalue weighted by Gasteiger charge is 2.16. The third-order valence-electron chi connectivity index (χ3n) is 3.97. The van der Waals surface area contributed by atoms with Crippen molar-refractivity contribution in [2.75, 3.05) is 0 Å². The van der Waals surface area contributed by atoms with Crippen LogP contribution in [0.2, 0.25) is 0 Å². The Morgan fingerprint density at radius 2 is 1.81 bits per heavy atom. The van der Waals surface area contributed by atoms with E-state index in [1.54, 1.807) is 30.5 Å². The minimum absolute atomic E-state index is 0.0387. The quantitative estimate of drug-likeness (QED) is 0.389. The van der Waals surface area contributed by atoms with Crippen molar-refractivity contribution in [3.8, 4) is 5.69 Å². The standard InChI is InChI=1S/C20H13F2N3OS/c21-13-8-9-18(16(22)11-13)25-19(26)15-6-1-2-7-17(15)24-20(25)27-12-14-5-3-4-10-23-14/h1-11H,12H2. The third-order valence-corrected chi connectivity index (χ3v) is 4.94. The normalized spacial score (nSPS) is 11.0. The van der Waals surface area contributed by atoms with Crippen molar-refractivity contribution in [3.63, 3.8) is 0 Å². The fourth-order valence-corrected chi connectivity index (χ4v) is 3.63. The van der Waals surface area contributed by atoms with E-state index in [-0.39, 0.29) is 5.69 Å². The zero-order valence-electron chi connectivity index (χ0n) is 14.0. The highest BCUT2D eigenvalue weighted by Crippen LogP contribution is 2.25. The van der Waals surface area contributed by atoms with Crippen molar-refractivity contribution >= 4 is 22.7 Å². The van der Waals surface area contributed by atoms with Crippen LogP contribution in [0.4, 0.5) is 8.78 Å². The summed E-state index contributed by atoms with van der Waals surface area (Å²) in [5.41, 5.74) is 0.874. The number of thioether (sulfide) groups is 1. The van der Waals surface area contributed by atoms with Crippen LogP contribution in [0, 0.1) is 11.6 Å². The van der Waals surface area contributed by atoms with Crippen molar-refractivity contribution in [1.29, 1.82) is 0 Å². The average Bonchev–Trinajstić information content (AvgIpc) is 2.68. The Morgan fingerprint density at radius 3 is 2.59 bits per heavy atom. The highest BCUT2D eigenvalue weighted by atomic mass is 32.2. The Morgan fingerprint density at radius 1 is 1.00 bits per heavy atom. The van der Waals surface area contributed by atoms with Gasteiger partial charge < -0.3 is 0 Å². The Labute approximate surface area is 157 Å². The number of halogens is 2. The van der Waals surface area contributed by atoms with Crippen LogP contribution >= 0.6 is 11.8 Å². The minimum Gasteiger partial charge on any atom is -0.268 e. The lowest BCUT2D eigenvalue weighted by Gasteiger charge is -2.13. The molecule has 0 fully saturated rings. The van der Waals surface area contributed by atoms with E-state index in [9.17, 15) is 13.6 Å². The van der Waals surface area contributed by atoms with Gasteiger partial charge in [0.2, 0.25) is 0 Å². The molecule has 0 unspecified atom stereocenters. The van der Waals surface area contributed by atoms with E-state index in [4.69, 9.17) is 0 Å². The van der Waals surface area contributed by atoms with Gasteiger partial charge in [0.15, 0.2) is 5.16 Å². The number of para-hydroxylation sites is 1. The van der Waals surface area contributed by atoms with Gasteiger partial charge in [-0.05, 0) is 36.4 Å². The monoisotopic (exact) mass is 381 g/mol. The largest absolute Gasteiger partial charge is 0.268 e. The number of aromatic nitrogens is 3. The van der Waals surface area contributed by atoms with Crippen LogP contribution in [0.15, 0.2) is 76.8 Å². The number of pyridine rings is 1. The lowest BCUT2D eigenvalue weighted by molar-refractivity contribution is 0.572. The lowest BCUT2D eigenvalue weighted by atomic mass is 10.2. The van der Waals surface area contributed by atoms with Gasteiger partial charge in [0, 0.05) is 18.0 Å². The summed E-state index contributed by atoms with van der Waals surface area (Å²) in [5, 5.41) is 0.679. The summed E-state index contributed by atoms with van der Waals surface area (Å²) in [7, 11) is 0. The molecule has 4 nitrogen and oxygen atoms in total. The lowest BCUT2D eigenvalue weighted by Crippen LogP contribution is -2.22. The Balaban J connectivity index is 1.89. The van der Waals surface area contributed by atoms with Gasteiger partial charge in [-0.2, -0.15) is 0 Å². The maximum absolute atomic E-state index is 14.4. The number of fused-ring (bicyclic) bond motifs is 1. The van der Waals surface area contributed by atoms with Crippen molar-refractivity contribution in [3.05, 3.63) is 94.5 Å². The number of benzene rings is 2. The molecule has 0 spiro atoms. The van der Waals surface area contributed by atoms with Crippen LogP contribution < -0.4 is 5.56 Å². The average molecular weight is 381 g/mol. The van der Waals surface area contributed by atoms with E-state index in [1.165, 1.54) is 22.4 Å². The van der Waals surface area contributed by atoms with Crippen molar-refractivity contribution in [1.82, 2.24) is 14.5 Å². The van der Waals surface area contributed by atoms with Gasteiger partial charge in [0.1, 0.15) is 11.6 Å². The molecule has 0 N–H and O–H groups in total. The maximum Gasteiger partial charge on any atom is 0.266 e. The highest BCUT2D eigenvalue weighted by molar-refractivity contribution is 7.98. The maximum atomic E-state index is 14.4. The summed E-state index contributed by atoms with van der Waals surface area (Å²) in [6.07, 6.45) is 1.68. The molecule has 0 amide bonds. The van der Waals surface area contributed by atoms with Gasteiger partial charge >= 0.3 is 0 Å². The van der Waals surface area contributed by atoms with Gasteiger partial charge in [0.05, 0.1) is 22.3 Å². The molecule has 4 aromatic rings. The Hall–Kier alpha value is -3.06. The molecule has 2 aromatic carbocycles. The van der Waals surface area contributed by atoms with Crippen molar-refractivity contribution < 1.29 is 8.78 Å². The van der Waals surface area contributed by atoms with E-state index in [2.05, 4.69) is 9.97 Å². The molecule has 0 saturated carbocycles. The molecule has 4 rings (SSSR count). The first-order valence-corrected chi connectivity index (χ1v) is 9.12. The third kappa shape index (κ3) is 3.46. The van der Waals surface area contributed by atoms with Gasteiger partial charge in [-0.25, -0.2) is 13.8 Å². The number of nitrogens with zero attached hydrogens (tertiary/aromatic N) is 3. The molecule has 134 valence electrons. The number of hydrogen-bond donors (Lipinski definition) is 0. The zero-order valence-corrected chi connectivity index (χ0v) is 14.8. The molecule has 2 heterocycles. The summed E-state index contributed by atoms with van der Waals surface area (Å²) >= 11 is 1.27. The van der Waals surface area contributed by atoms with Crippen LogP contribution in [0.25, 0.3) is 16.6 Å².